The first-order valence-electron chi connectivity index (χ1n) is 9.93. The second-order valence-electron chi connectivity index (χ2n) is 7.85. The van der Waals surface area contributed by atoms with Crippen molar-refractivity contribution in [1.29, 1.82) is 0 Å². The van der Waals surface area contributed by atoms with Gasteiger partial charge in [-0.2, -0.15) is 0 Å². The smallest absolute Gasteiger partial charge is 0.140 e. The van der Waals surface area contributed by atoms with Gasteiger partial charge < -0.3 is 4.90 Å². The number of ketones is 1. The van der Waals surface area contributed by atoms with Crippen LogP contribution in [0.2, 0.25) is 0 Å². The van der Waals surface area contributed by atoms with Gasteiger partial charge in [-0.05, 0) is 61.4 Å². The first-order valence-corrected chi connectivity index (χ1v) is 9.93. The van der Waals surface area contributed by atoms with Crippen molar-refractivity contribution in [2.75, 3.05) is 18.0 Å². The number of aromatic nitrogens is 1. The number of piperidine rings is 1. The Bertz CT molecular complexity index is 797. The molecule has 0 saturated carbocycles. The zero-order valence-corrected chi connectivity index (χ0v) is 16.5. The summed E-state index contributed by atoms with van der Waals surface area (Å²) >= 11 is 0. The number of rotatable bonds is 6. The highest BCUT2D eigenvalue weighted by atomic mass is 19.1. The molecule has 0 N–H and O–H groups in total. The van der Waals surface area contributed by atoms with Crippen LogP contribution in [0.5, 0.6) is 0 Å². The molecular weight excluding hydrogens is 339 g/mol. The maximum Gasteiger partial charge on any atom is 0.140 e. The van der Waals surface area contributed by atoms with Crippen molar-refractivity contribution in [2.24, 2.45) is 5.92 Å². The van der Waals surface area contributed by atoms with E-state index in [0.717, 1.165) is 41.6 Å². The number of carbonyl (C=O) groups is 1. The van der Waals surface area contributed by atoms with Crippen molar-refractivity contribution in [3.63, 3.8) is 0 Å². The summed E-state index contributed by atoms with van der Waals surface area (Å²) in [5, 5.41) is 0. The highest BCUT2D eigenvalue weighted by molar-refractivity contribution is 5.85. The van der Waals surface area contributed by atoms with E-state index in [1.54, 1.807) is 6.07 Å². The minimum Gasteiger partial charge on any atom is -0.356 e. The van der Waals surface area contributed by atoms with Gasteiger partial charge in [0.1, 0.15) is 17.4 Å². The molecule has 0 aliphatic carbocycles. The Kier molecular flexibility index (Phi) is 6.25. The second-order valence-corrected chi connectivity index (χ2v) is 7.85. The van der Waals surface area contributed by atoms with Crippen LogP contribution < -0.4 is 4.90 Å². The lowest BCUT2D eigenvalue weighted by Crippen LogP contribution is -2.34. The lowest BCUT2D eigenvalue weighted by molar-refractivity contribution is -0.120. The molecular formula is C23H29FN2O. The van der Waals surface area contributed by atoms with E-state index in [1.165, 1.54) is 25.0 Å². The molecule has 1 aliphatic rings. The Morgan fingerprint density at radius 3 is 2.70 bits per heavy atom. The van der Waals surface area contributed by atoms with E-state index in [9.17, 15) is 9.18 Å². The van der Waals surface area contributed by atoms with Gasteiger partial charge in [-0.1, -0.05) is 32.0 Å². The van der Waals surface area contributed by atoms with E-state index in [4.69, 9.17) is 4.98 Å². The fraction of sp³-hybridized carbons (Fsp3) is 0.478. The SMILES string of the molecule is Cc1ccc(CCC(=O)C(C)c2cccc(F)c2)c(N2CCC(C)CC2)n1. The van der Waals surface area contributed by atoms with E-state index >= 15 is 0 Å². The summed E-state index contributed by atoms with van der Waals surface area (Å²) in [4.78, 5) is 19.8. The van der Waals surface area contributed by atoms with Crippen LogP contribution in [0.15, 0.2) is 36.4 Å². The molecule has 0 amide bonds. The van der Waals surface area contributed by atoms with Crippen LogP contribution in [0.3, 0.4) is 0 Å². The number of carbonyl (C=O) groups excluding carboxylic acids is 1. The maximum absolute atomic E-state index is 13.4. The first-order chi connectivity index (χ1) is 12.9. The summed E-state index contributed by atoms with van der Waals surface area (Å²) in [7, 11) is 0. The lowest BCUT2D eigenvalue weighted by Gasteiger charge is -2.32. The summed E-state index contributed by atoms with van der Waals surface area (Å²) < 4.78 is 13.4. The third-order valence-corrected chi connectivity index (χ3v) is 5.65. The minimum atomic E-state index is -0.295. The molecule has 2 heterocycles. The third kappa shape index (κ3) is 4.94. The largest absolute Gasteiger partial charge is 0.356 e. The average Bonchev–Trinajstić information content (AvgIpc) is 2.66. The van der Waals surface area contributed by atoms with Gasteiger partial charge in [0.15, 0.2) is 0 Å². The third-order valence-electron chi connectivity index (χ3n) is 5.65. The van der Waals surface area contributed by atoms with E-state index in [0.29, 0.717) is 12.8 Å². The standard InChI is InChI=1S/C23H29FN2O/c1-16-11-13-26(14-12-16)23-19(8-7-17(2)25-23)9-10-22(27)18(3)20-5-4-6-21(24)15-20/h4-8,15-16,18H,9-14H2,1-3H3. The number of hydrogen-bond acceptors (Lipinski definition) is 3. The summed E-state index contributed by atoms with van der Waals surface area (Å²) in [6, 6.07) is 10.5. The molecule has 4 heteroatoms. The van der Waals surface area contributed by atoms with E-state index in [-0.39, 0.29) is 17.5 Å². The summed E-state index contributed by atoms with van der Waals surface area (Å²) in [5.74, 6) is 1.35. The number of halogens is 1. The summed E-state index contributed by atoms with van der Waals surface area (Å²) in [6.45, 7) is 8.22. The predicted octanol–water partition coefficient (Wildman–Crippen LogP) is 5.07. The van der Waals surface area contributed by atoms with E-state index < -0.39 is 0 Å². The summed E-state index contributed by atoms with van der Waals surface area (Å²) in [6.07, 6.45) is 3.49. The molecule has 0 spiro atoms. The van der Waals surface area contributed by atoms with Gasteiger partial charge in [-0.15, -0.1) is 0 Å². The molecule has 1 unspecified atom stereocenters. The van der Waals surface area contributed by atoms with Crippen LogP contribution in [0.1, 0.15) is 55.8 Å². The number of pyridine rings is 1. The van der Waals surface area contributed by atoms with Gasteiger partial charge in [-0.25, -0.2) is 9.37 Å². The maximum atomic E-state index is 13.4. The molecule has 1 aromatic heterocycles. The predicted molar refractivity (Wildman–Crippen MR) is 108 cm³/mol. The van der Waals surface area contributed by atoms with Gasteiger partial charge in [0.05, 0.1) is 0 Å². The molecule has 144 valence electrons. The Balaban J connectivity index is 1.69. The number of nitrogens with zero attached hydrogens (tertiary/aromatic N) is 2. The fourth-order valence-corrected chi connectivity index (χ4v) is 3.70. The topological polar surface area (TPSA) is 33.2 Å². The lowest BCUT2D eigenvalue weighted by atomic mass is 9.92. The van der Waals surface area contributed by atoms with Gasteiger partial charge in [0.25, 0.3) is 0 Å². The number of Topliss-reactive ketones (excluding diaryl/α,β-unsaturated/α-hetero) is 1. The van der Waals surface area contributed by atoms with Gasteiger partial charge >= 0.3 is 0 Å². The van der Waals surface area contributed by atoms with Crippen LogP contribution in [0.25, 0.3) is 0 Å². The molecule has 1 aromatic carbocycles. The number of hydrogen-bond donors (Lipinski definition) is 0. The number of anilines is 1. The zero-order valence-electron chi connectivity index (χ0n) is 16.5. The Hall–Kier alpha value is -2.23. The summed E-state index contributed by atoms with van der Waals surface area (Å²) in [5.41, 5.74) is 2.88. The van der Waals surface area contributed by atoms with Crippen molar-refractivity contribution < 1.29 is 9.18 Å². The van der Waals surface area contributed by atoms with Gasteiger partial charge in [0, 0.05) is 31.1 Å². The zero-order chi connectivity index (χ0) is 19.4. The van der Waals surface area contributed by atoms with Crippen LogP contribution in [0, 0.1) is 18.7 Å². The Morgan fingerprint density at radius 1 is 1.26 bits per heavy atom. The molecule has 0 bridgehead atoms. The molecule has 1 atom stereocenters. The highest BCUT2D eigenvalue weighted by Gasteiger charge is 2.21. The van der Waals surface area contributed by atoms with Gasteiger partial charge in [0.2, 0.25) is 0 Å². The molecule has 3 rings (SSSR count). The molecule has 27 heavy (non-hydrogen) atoms. The van der Waals surface area contributed by atoms with E-state index in [2.05, 4.69) is 17.9 Å². The highest BCUT2D eigenvalue weighted by Crippen LogP contribution is 2.27. The Morgan fingerprint density at radius 2 is 2.00 bits per heavy atom. The molecule has 1 aliphatic heterocycles. The van der Waals surface area contributed by atoms with Crippen molar-refractivity contribution >= 4 is 11.6 Å². The first kappa shape index (κ1) is 19.5. The van der Waals surface area contributed by atoms with Crippen molar-refractivity contribution in [3.8, 4) is 0 Å². The normalized spacial score (nSPS) is 16.4. The molecule has 3 nitrogen and oxygen atoms in total. The molecule has 1 saturated heterocycles. The van der Waals surface area contributed by atoms with Crippen molar-refractivity contribution in [3.05, 3.63) is 59.0 Å². The average molecular weight is 368 g/mol. The minimum absolute atomic E-state index is 0.138. The van der Waals surface area contributed by atoms with Crippen LogP contribution in [0.4, 0.5) is 10.2 Å². The monoisotopic (exact) mass is 368 g/mol. The van der Waals surface area contributed by atoms with Crippen molar-refractivity contribution in [2.45, 2.75) is 52.4 Å². The van der Waals surface area contributed by atoms with Gasteiger partial charge in [-0.3, -0.25) is 4.79 Å². The van der Waals surface area contributed by atoms with Crippen LogP contribution >= 0.6 is 0 Å². The molecule has 1 fully saturated rings. The number of aryl methyl sites for hydroxylation is 2. The quantitative estimate of drug-likeness (QED) is 0.714. The van der Waals surface area contributed by atoms with Crippen molar-refractivity contribution in [1.82, 2.24) is 4.98 Å². The van der Waals surface area contributed by atoms with Crippen LogP contribution in [-0.2, 0) is 11.2 Å². The molecule has 0 radical (unpaired) electrons. The fourth-order valence-electron chi connectivity index (χ4n) is 3.70. The molecule has 2 aromatic rings. The van der Waals surface area contributed by atoms with E-state index in [1.807, 2.05) is 26.0 Å². The Labute approximate surface area is 161 Å². The second kappa shape index (κ2) is 8.64. The van der Waals surface area contributed by atoms with Crippen LogP contribution in [-0.4, -0.2) is 23.9 Å². The number of benzene rings is 1.